The molecule has 9 aliphatic heterocycles. The maximum absolute atomic E-state index is 13.5. The van der Waals surface area contributed by atoms with Gasteiger partial charge in [-0.15, -0.1) is 0 Å². The van der Waals surface area contributed by atoms with Crippen molar-refractivity contribution in [3.05, 3.63) is 0 Å². The summed E-state index contributed by atoms with van der Waals surface area (Å²) in [6, 6.07) is 0. The molecule has 61 heteroatoms. The van der Waals surface area contributed by atoms with Crippen molar-refractivity contribution in [1.29, 1.82) is 0 Å². The van der Waals surface area contributed by atoms with Gasteiger partial charge in [-0.05, 0) is 71.0 Å². The van der Waals surface area contributed by atoms with E-state index in [1.54, 1.807) is 0 Å². The van der Waals surface area contributed by atoms with Gasteiger partial charge >= 0.3 is 49.2 Å². The van der Waals surface area contributed by atoms with Crippen LogP contribution in [0.15, 0.2) is 0 Å². The molecule has 3 N–H and O–H groups in total. The number of imide groups is 8. The summed E-state index contributed by atoms with van der Waals surface area (Å²) in [6.45, 7) is -1.31. The first-order valence-corrected chi connectivity index (χ1v) is 48.4. The molecule has 10 aliphatic rings. The van der Waals surface area contributed by atoms with Crippen LogP contribution in [0.3, 0.4) is 0 Å². The van der Waals surface area contributed by atoms with Crippen LogP contribution in [0.1, 0.15) is 196 Å². The molecule has 149 heavy (non-hydrogen) atoms. The molecule has 0 spiro atoms. The van der Waals surface area contributed by atoms with Crippen molar-refractivity contribution < 1.29 is 239 Å². The zero-order valence-corrected chi connectivity index (χ0v) is 83.3. The summed E-state index contributed by atoms with van der Waals surface area (Å²) >= 11 is 2.03. The van der Waals surface area contributed by atoms with Crippen LogP contribution in [0.5, 0.6) is 0 Å². The third kappa shape index (κ3) is 36.7. The number of carbonyl (C=O) groups excluding carboxylic acids is 26. The van der Waals surface area contributed by atoms with Gasteiger partial charge in [0.15, 0.2) is 22.4 Å². The van der Waals surface area contributed by atoms with Crippen molar-refractivity contribution >= 4 is 167 Å². The molecule has 5 unspecified atom stereocenters. The molecule has 9 saturated heterocycles. The van der Waals surface area contributed by atoms with E-state index in [1.165, 1.54) is 13.8 Å². The normalized spacial score (nSPS) is 20.7. The van der Waals surface area contributed by atoms with Crippen LogP contribution in [-0.4, -0.2) is 375 Å². The topological polar surface area (TPSA) is 729 Å². The standard InChI is InChI=1S/C68H82N8O45.C20H36N2O5S/c1-7-67(33-101-25-63(3,110-59(97)118-73-47(85)17-18-48(73)86)29-106-55(93)114-69-39(77)9-10-40(69)78,34-102-26-64(4,111-60(98)119-74-49(87)19-20-50(74)88)30-107-56(94)115-70-41(79)11-12-42(70)80)37-105-38-68(8-2,35-103-27-65(5,112-61(99)120-75-51(89)21-22-52(75)90)31-108-57(95)116-71-43(81)13-14-44(71)82)36-104-28-66(6,113-62(100)121-76-53(91)23-24-54(76)92)32-109-58(96)117-72-45(83)15-16-46(72)84;21-5-7-25-9-11-27-12-10-26-8-6-22-20(24)4-2-1-3-19-18-14-17(23)13-16(18)15-28-19/h7-38H2,1-6H3;16,18-19H,1-15,21H2,(H,22,24)/t;16-,18-,19?/m.1/s1. The molecule has 0 aromatic carbocycles. The first-order chi connectivity index (χ1) is 70.7. The second-order valence-electron chi connectivity index (χ2n) is 36.4. The lowest BCUT2D eigenvalue weighted by atomic mass is 9.86. The molecule has 17 amide bonds. The van der Waals surface area contributed by atoms with E-state index in [1.807, 2.05) is 11.8 Å². The second-order valence-corrected chi connectivity index (χ2v) is 37.7. The summed E-state index contributed by atoms with van der Waals surface area (Å²) < 4.78 is 90.1. The number of nitrogens with one attached hydrogen (secondary N) is 1. The zero-order chi connectivity index (χ0) is 109. The van der Waals surface area contributed by atoms with Crippen LogP contribution >= 0.6 is 11.8 Å². The largest absolute Gasteiger partial charge is 0.534 e. The highest BCUT2D eigenvalue weighted by Crippen LogP contribution is 2.48. The summed E-state index contributed by atoms with van der Waals surface area (Å²) in [5.41, 5.74) is -7.57. The average molecular weight is 2150 g/mol. The maximum Gasteiger partial charge on any atom is 0.534 e. The Morgan fingerprint density at radius 3 is 0.785 bits per heavy atom. The Morgan fingerprint density at radius 2 is 0.537 bits per heavy atom. The Kier molecular flexibility index (Phi) is 44.8. The Hall–Kier alpha value is -13.6. The van der Waals surface area contributed by atoms with Crippen LogP contribution in [0.25, 0.3) is 0 Å². The molecule has 9 heterocycles. The van der Waals surface area contributed by atoms with Crippen LogP contribution in [0, 0.1) is 22.7 Å². The monoisotopic (exact) mass is 2150 g/mol. The van der Waals surface area contributed by atoms with Crippen LogP contribution in [0.2, 0.25) is 0 Å². The number of fused-ring (bicyclic) bond motifs is 1. The van der Waals surface area contributed by atoms with Gasteiger partial charge in [-0.25, -0.2) is 38.4 Å². The van der Waals surface area contributed by atoms with Gasteiger partial charge in [-0.1, -0.05) is 60.8 Å². The smallest absolute Gasteiger partial charge is 0.428 e. The highest BCUT2D eigenvalue weighted by Gasteiger charge is 2.50. The predicted molar refractivity (Wildman–Crippen MR) is 472 cm³/mol. The number of hydrogen-bond donors (Lipinski definition) is 2. The lowest BCUT2D eigenvalue weighted by Gasteiger charge is -2.38. The van der Waals surface area contributed by atoms with E-state index < -0.39 is 321 Å². The van der Waals surface area contributed by atoms with Gasteiger partial charge in [0.2, 0.25) is 5.91 Å². The number of hydroxylamine groups is 16. The molecule has 10 fully saturated rings. The van der Waals surface area contributed by atoms with Gasteiger partial charge in [0.05, 0.1) is 106 Å². The predicted octanol–water partition coefficient (Wildman–Crippen LogP) is 2.02. The van der Waals surface area contributed by atoms with Crippen molar-refractivity contribution in [2.24, 2.45) is 28.4 Å². The molecule has 826 valence electrons. The quantitative estimate of drug-likeness (QED) is 0.0380. The van der Waals surface area contributed by atoms with Crippen molar-refractivity contribution in [2.75, 3.05) is 151 Å². The fraction of sp³-hybridized carbons (Fsp3) is 0.705. The third-order valence-corrected chi connectivity index (χ3v) is 25.2. The van der Waals surface area contributed by atoms with E-state index >= 15 is 0 Å². The van der Waals surface area contributed by atoms with Crippen molar-refractivity contribution in [1.82, 2.24) is 45.8 Å². The number of amides is 17. The van der Waals surface area contributed by atoms with Gasteiger partial charge in [-0.3, -0.25) is 125 Å². The number of rotatable bonds is 58. The van der Waals surface area contributed by atoms with Gasteiger partial charge in [0.1, 0.15) is 32.2 Å². The van der Waals surface area contributed by atoms with E-state index in [0.29, 0.717) is 82.0 Å². The number of hydrogen-bond acceptors (Lipinski definition) is 52. The van der Waals surface area contributed by atoms with E-state index in [4.69, 9.17) is 120 Å². The molecule has 0 aromatic rings. The summed E-state index contributed by atoms with van der Waals surface area (Å²) in [5, 5.41) is 4.23. The molecule has 10 rings (SSSR count). The average Bonchev–Trinajstić information content (AvgIpc) is 1.67. The molecular formula is C88H118N10O50S. The maximum atomic E-state index is 13.5. The summed E-state index contributed by atoms with van der Waals surface area (Å²) in [7, 11) is 0. The Labute approximate surface area is 851 Å². The van der Waals surface area contributed by atoms with Gasteiger partial charge in [0, 0.05) is 151 Å². The van der Waals surface area contributed by atoms with Gasteiger partial charge in [-0.2, -0.15) is 11.8 Å². The minimum absolute atomic E-state index is 0.0802. The molecule has 0 aromatic heterocycles. The molecular weight excluding hydrogens is 2030 g/mol. The SMILES string of the molecule is CCC(COCC(CC)(COCC(C)(COC(=O)ON1C(=O)CCC1=O)OC(=O)ON1C(=O)CCC1=O)COCC(C)(COC(=O)ON1C(=O)CCC1=O)OC(=O)ON1C(=O)CCC1=O)(COCC(C)(COC(=O)ON1C(=O)CCC1=O)OC(=O)ON1C(=O)CCC1=O)COCC(C)(COC(=O)ON1C(=O)CCC1=O)OC(=O)ON1C(=O)CCC1=O.NCCOCCOCCOCCNC(=O)CCCCC1SC[C@H]2CC(=O)C[C@@H]12. The minimum Gasteiger partial charge on any atom is -0.428 e. The molecule has 1 saturated carbocycles. The number of ether oxygens (including phenoxy) is 16. The highest BCUT2D eigenvalue weighted by molar-refractivity contribution is 8.00. The van der Waals surface area contributed by atoms with Crippen LogP contribution in [0.4, 0.5) is 38.4 Å². The Bertz CT molecular complexity index is 4350. The third-order valence-electron chi connectivity index (χ3n) is 23.5. The van der Waals surface area contributed by atoms with Gasteiger partial charge in [0.25, 0.3) is 94.5 Å². The summed E-state index contributed by atoms with van der Waals surface area (Å²) in [6.07, 6.45) is -15.3. The van der Waals surface area contributed by atoms with E-state index in [2.05, 4.69) is 5.32 Å². The van der Waals surface area contributed by atoms with E-state index in [9.17, 15) is 125 Å². The number of ketones is 1. The van der Waals surface area contributed by atoms with Crippen LogP contribution < -0.4 is 11.1 Å². The number of Topliss-reactive ketones (excluding diaryl/α,β-unsaturated/α-hetero) is 1. The number of nitrogens with zero attached hydrogens (tertiary/aromatic N) is 8. The Balaban J connectivity index is 0.000000755. The fourth-order valence-electron chi connectivity index (χ4n) is 15.2. The lowest BCUT2D eigenvalue weighted by Crippen LogP contribution is -2.48. The first kappa shape index (κ1) is 119. The first-order valence-electron chi connectivity index (χ1n) is 47.3. The number of thioether (sulfide) groups is 1. The molecule has 0 radical (unpaired) electrons. The van der Waals surface area contributed by atoms with Crippen molar-refractivity contribution in [3.8, 4) is 0 Å². The Morgan fingerprint density at radius 1 is 0.302 bits per heavy atom. The minimum atomic E-state index is -2.35. The van der Waals surface area contributed by atoms with E-state index in [0.717, 1.165) is 65.6 Å². The van der Waals surface area contributed by atoms with E-state index in [-0.39, 0.29) is 111 Å². The molecule has 60 nitrogen and oxygen atoms in total. The van der Waals surface area contributed by atoms with Crippen molar-refractivity contribution in [2.45, 2.75) is 223 Å². The summed E-state index contributed by atoms with van der Waals surface area (Å²) in [5.74, 6) is -12.6. The number of carbonyl (C=O) groups is 26. The number of nitrogens with two attached hydrogens (primary N) is 1. The molecule has 7 atom stereocenters. The van der Waals surface area contributed by atoms with Gasteiger partial charge < -0.3 is 86.8 Å². The lowest BCUT2D eigenvalue weighted by molar-refractivity contribution is -0.194. The highest BCUT2D eigenvalue weighted by atomic mass is 32.2. The fourth-order valence-corrected chi connectivity index (χ4v) is 17.0. The number of unbranched alkanes of at least 4 members (excludes halogenated alkanes) is 1. The molecule has 0 bridgehead atoms. The zero-order valence-electron chi connectivity index (χ0n) is 82.4. The molecule has 1 aliphatic carbocycles. The second kappa shape index (κ2) is 56.1. The summed E-state index contributed by atoms with van der Waals surface area (Å²) in [4.78, 5) is 368. The van der Waals surface area contributed by atoms with Crippen LogP contribution in [-0.2, 0) is 201 Å². The van der Waals surface area contributed by atoms with Crippen molar-refractivity contribution in [3.63, 3.8) is 0 Å².